The third kappa shape index (κ3) is 2.39. The minimum atomic E-state index is -0.969. The van der Waals surface area contributed by atoms with Crippen LogP contribution < -0.4 is 5.32 Å². The largest absolute Gasteiger partial charge is 0.390 e. The van der Waals surface area contributed by atoms with Gasteiger partial charge < -0.3 is 15.5 Å². The normalized spacial score (nSPS) is 38.3. The molecule has 20 heavy (non-hydrogen) atoms. The van der Waals surface area contributed by atoms with Gasteiger partial charge in [0.15, 0.2) is 0 Å². The van der Waals surface area contributed by atoms with E-state index in [-0.39, 0.29) is 0 Å². The molecule has 3 N–H and O–H groups in total. The van der Waals surface area contributed by atoms with Gasteiger partial charge in [-0.1, -0.05) is 44.2 Å². The fourth-order valence-corrected chi connectivity index (χ4v) is 3.92. The monoisotopic (exact) mass is 275 g/mol. The minimum Gasteiger partial charge on any atom is -0.390 e. The number of nitrogens with one attached hydrogen (secondary N) is 1. The quantitative estimate of drug-likeness (QED) is 0.787. The number of fused-ring (bicyclic) bond motifs is 1. The molecular weight excluding hydrogens is 250 g/mol. The van der Waals surface area contributed by atoms with Crippen LogP contribution in [0.4, 0.5) is 0 Å². The summed E-state index contributed by atoms with van der Waals surface area (Å²) < 4.78 is 0. The lowest BCUT2D eigenvalue weighted by atomic mass is 9.82. The number of aliphatic hydroxyl groups excluding tert-OH is 1. The van der Waals surface area contributed by atoms with E-state index in [4.69, 9.17) is 0 Å². The third-order valence-corrected chi connectivity index (χ3v) is 5.56. The zero-order valence-electron chi connectivity index (χ0n) is 12.3. The first-order chi connectivity index (χ1) is 9.43. The Balaban J connectivity index is 1.56. The van der Waals surface area contributed by atoms with E-state index in [0.29, 0.717) is 30.2 Å². The highest BCUT2D eigenvalue weighted by atomic mass is 16.3. The molecule has 2 saturated carbocycles. The molecule has 0 aromatic heterocycles. The Labute approximate surface area is 121 Å². The average molecular weight is 275 g/mol. The molecule has 0 amide bonds. The maximum absolute atomic E-state index is 10.7. The van der Waals surface area contributed by atoms with Gasteiger partial charge in [0.05, 0.1) is 6.10 Å². The first-order valence-corrected chi connectivity index (χ1v) is 7.58. The van der Waals surface area contributed by atoms with Crippen LogP contribution in [0.15, 0.2) is 30.3 Å². The standard InChI is InChI=1S/C17H25NO2/c1-16(2)13-8-15(19)17(20,9-14(13)16)11-18-10-12-6-4-3-5-7-12/h3-7,13-15,18-20H,8-11H2,1-2H3/t13-,14+,15-,17-/m1/s1. The van der Waals surface area contributed by atoms with Crippen molar-refractivity contribution in [3.63, 3.8) is 0 Å². The maximum Gasteiger partial charge on any atom is 0.103 e. The van der Waals surface area contributed by atoms with E-state index in [1.807, 2.05) is 18.2 Å². The molecule has 0 heterocycles. The van der Waals surface area contributed by atoms with E-state index < -0.39 is 11.7 Å². The Hall–Kier alpha value is -0.900. The first-order valence-electron chi connectivity index (χ1n) is 7.58. The first kappa shape index (κ1) is 14.1. The average Bonchev–Trinajstić information content (AvgIpc) is 2.92. The predicted octanol–water partition coefficient (Wildman–Crippen LogP) is 1.93. The fraction of sp³-hybridized carbons (Fsp3) is 0.647. The summed E-state index contributed by atoms with van der Waals surface area (Å²) in [6.07, 6.45) is 0.850. The SMILES string of the molecule is CC1(C)[C@@H]2C[C@@H](O)[C@](O)(CNCc3ccccc3)C[C@@H]21. The summed E-state index contributed by atoms with van der Waals surface area (Å²) in [6.45, 7) is 5.69. The van der Waals surface area contributed by atoms with Crippen molar-refractivity contribution in [2.45, 2.75) is 44.9 Å². The topological polar surface area (TPSA) is 52.5 Å². The highest BCUT2D eigenvalue weighted by Gasteiger charge is 2.64. The number of hydrogen-bond acceptors (Lipinski definition) is 3. The van der Waals surface area contributed by atoms with Gasteiger partial charge in [-0.05, 0) is 35.7 Å². The van der Waals surface area contributed by atoms with E-state index in [1.165, 1.54) is 5.56 Å². The number of aliphatic hydroxyl groups is 2. The Bertz CT molecular complexity index is 473. The van der Waals surface area contributed by atoms with Crippen LogP contribution in [-0.4, -0.2) is 28.5 Å². The number of rotatable bonds is 4. The lowest BCUT2D eigenvalue weighted by Crippen LogP contribution is -2.52. The lowest BCUT2D eigenvalue weighted by Gasteiger charge is -2.36. The molecule has 0 radical (unpaired) electrons. The van der Waals surface area contributed by atoms with E-state index in [1.54, 1.807) is 0 Å². The zero-order chi connectivity index (χ0) is 14.4. The van der Waals surface area contributed by atoms with Crippen LogP contribution in [0.1, 0.15) is 32.3 Å². The van der Waals surface area contributed by atoms with Crippen LogP contribution in [0.25, 0.3) is 0 Å². The molecule has 2 fully saturated rings. The molecular formula is C17H25NO2. The molecule has 1 aromatic carbocycles. The molecule has 2 aliphatic carbocycles. The van der Waals surface area contributed by atoms with Gasteiger partial charge in [-0.2, -0.15) is 0 Å². The Morgan fingerprint density at radius 2 is 1.90 bits per heavy atom. The van der Waals surface area contributed by atoms with Crippen LogP contribution in [0.5, 0.6) is 0 Å². The minimum absolute atomic E-state index is 0.297. The predicted molar refractivity (Wildman–Crippen MR) is 79.1 cm³/mol. The van der Waals surface area contributed by atoms with Crippen molar-refractivity contribution < 1.29 is 10.2 Å². The Morgan fingerprint density at radius 3 is 2.60 bits per heavy atom. The summed E-state index contributed by atoms with van der Waals surface area (Å²) in [7, 11) is 0. The van der Waals surface area contributed by atoms with Crippen molar-refractivity contribution >= 4 is 0 Å². The van der Waals surface area contributed by atoms with Crippen molar-refractivity contribution in [1.82, 2.24) is 5.32 Å². The molecule has 2 aliphatic rings. The van der Waals surface area contributed by atoms with E-state index >= 15 is 0 Å². The summed E-state index contributed by atoms with van der Waals surface area (Å²) in [5, 5.41) is 24.3. The van der Waals surface area contributed by atoms with Gasteiger partial charge in [0.1, 0.15) is 5.60 Å². The van der Waals surface area contributed by atoms with E-state index in [9.17, 15) is 10.2 Å². The molecule has 3 rings (SSSR count). The van der Waals surface area contributed by atoms with Crippen LogP contribution in [0, 0.1) is 17.3 Å². The highest BCUT2D eigenvalue weighted by molar-refractivity contribution is 5.16. The number of benzene rings is 1. The molecule has 0 bridgehead atoms. The van der Waals surface area contributed by atoms with Gasteiger partial charge >= 0.3 is 0 Å². The van der Waals surface area contributed by atoms with Crippen LogP contribution in [0.2, 0.25) is 0 Å². The van der Waals surface area contributed by atoms with Crippen molar-refractivity contribution in [1.29, 1.82) is 0 Å². The molecule has 0 spiro atoms. The molecule has 0 saturated heterocycles. The summed E-state index contributed by atoms with van der Waals surface area (Å²) in [4.78, 5) is 0. The Morgan fingerprint density at radius 1 is 1.20 bits per heavy atom. The summed E-state index contributed by atoms with van der Waals surface area (Å²) in [5.41, 5.74) is 0.528. The van der Waals surface area contributed by atoms with Gasteiger partial charge in [0.2, 0.25) is 0 Å². The molecule has 110 valence electrons. The van der Waals surface area contributed by atoms with Crippen molar-refractivity contribution in [2.75, 3.05) is 6.54 Å². The van der Waals surface area contributed by atoms with Gasteiger partial charge in [0, 0.05) is 13.1 Å². The third-order valence-electron chi connectivity index (χ3n) is 5.56. The van der Waals surface area contributed by atoms with Gasteiger partial charge in [-0.3, -0.25) is 0 Å². The summed E-state index contributed by atoms with van der Waals surface area (Å²) in [6, 6.07) is 10.1. The second-order valence-corrected chi connectivity index (χ2v) is 7.18. The second kappa shape index (κ2) is 4.83. The van der Waals surface area contributed by atoms with Gasteiger partial charge in [-0.25, -0.2) is 0 Å². The van der Waals surface area contributed by atoms with E-state index in [2.05, 4.69) is 31.3 Å². The molecule has 3 heteroatoms. The summed E-state index contributed by atoms with van der Waals surface area (Å²) >= 11 is 0. The van der Waals surface area contributed by atoms with Crippen LogP contribution in [-0.2, 0) is 6.54 Å². The number of hydrogen-bond donors (Lipinski definition) is 3. The van der Waals surface area contributed by atoms with Gasteiger partial charge in [0.25, 0.3) is 0 Å². The summed E-state index contributed by atoms with van der Waals surface area (Å²) in [5.74, 6) is 1.15. The molecule has 3 nitrogen and oxygen atoms in total. The van der Waals surface area contributed by atoms with Crippen molar-refractivity contribution in [3.8, 4) is 0 Å². The molecule has 4 atom stereocenters. The van der Waals surface area contributed by atoms with Gasteiger partial charge in [-0.15, -0.1) is 0 Å². The highest BCUT2D eigenvalue weighted by Crippen LogP contribution is 2.66. The van der Waals surface area contributed by atoms with Crippen molar-refractivity contribution in [3.05, 3.63) is 35.9 Å². The van der Waals surface area contributed by atoms with Crippen LogP contribution in [0.3, 0.4) is 0 Å². The fourth-order valence-electron chi connectivity index (χ4n) is 3.92. The lowest BCUT2D eigenvalue weighted by molar-refractivity contribution is -0.100. The maximum atomic E-state index is 10.7. The van der Waals surface area contributed by atoms with Crippen LogP contribution >= 0.6 is 0 Å². The second-order valence-electron chi connectivity index (χ2n) is 7.18. The molecule has 0 unspecified atom stereocenters. The molecule has 1 aromatic rings. The van der Waals surface area contributed by atoms with Crippen molar-refractivity contribution in [2.24, 2.45) is 17.3 Å². The molecule has 0 aliphatic heterocycles. The smallest absolute Gasteiger partial charge is 0.103 e. The van der Waals surface area contributed by atoms with E-state index in [0.717, 1.165) is 13.0 Å². The Kier molecular flexibility index (Phi) is 3.39. The zero-order valence-corrected chi connectivity index (χ0v) is 12.3.